The van der Waals surface area contributed by atoms with Gasteiger partial charge in [-0.25, -0.2) is 0 Å². The first-order valence-electron chi connectivity index (χ1n) is 7.92. The quantitative estimate of drug-likeness (QED) is 0.927. The average molecular weight is 287 g/mol. The lowest BCUT2D eigenvalue weighted by Gasteiger charge is -2.26. The third-order valence-corrected chi connectivity index (χ3v) is 5.49. The second-order valence-corrected chi connectivity index (χ2v) is 6.64. The minimum absolute atomic E-state index is 0.287. The zero-order valence-electron chi connectivity index (χ0n) is 12.1. The highest BCUT2D eigenvalue weighted by molar-refractivity contribution is 5.74. The molecule has 4 rings (SSSR count). The molecule has 1 saturated carbocycles. The van der Waals surface area contributed by atoms with E-state index in [0.717, 1.165) is 25.3 Å². The molecule has 1 aliphatic carbocycles. The monoisotopic (exact) mass is 287 g/mol. The molecule has 2 aliphatic heterocycles. The summed E-state index contributed by atoms with van der Waals surface area (Å²) in [6.45, 7) is 2.43. The van der Waals surface area contributed by atoms with Gasteiger partial charge in [0, 0.05) is 24.6 Å². The van der Waals surface area contributed by atoms with Crippen LogP contribution in [0, 0.1) is 11.8 Å². The number of fused-ring (bicyclic) bond motifs is 2. The van der Waals surface area contributed by atoms with Crippen LogP contribution in [0.1, 0.15) is 30.7 Å². The van der Waals surface area contributed by atoms with E-state index in [0.29, 0.717) is 24.4 Å². The lowest BCUT2D eigenvalue weighted by molar-refractivity contribution is -0.143. The fourth-order valence-corrected chi connectivity index (χ4v) is 4.58. The van der Waals surface area contributed by atoms with E-state index in [1.165, 1.54) is 18.4 Å². The minimum Gasteiger partial charge on any atom is -0.493 e. The summed E-state index contributed by atoms with van der Waals surface area (Å²) >= 11 is 0. The van der Waals surface area contributed by atoms with Crippen molar-refractivity contribution in [2.75, 3.05) is 19.7 Å². The van der Waals surface area contributed by atoms with Crippen molar-refractivity contribution < 1.29 is 14.6 Å². The third-order valence-electron chi connectivity index (χ3n) is 5.49. The van der Waals surface area contributed by atoms with E-state index in [1.54, 1.807) is 0 Å². The summed E-state index contributed by atoms with van der Waals surface area (Å²) in [7, 11) is 0. The summed E-state index contributed by atoms with van der Waals surface area (Å²) in [6.07, 6.45) is 3.47. The van der Waals surface area contributed by atoms with E-state index in [2.05, 4.69) is 11.0 Å². The van der Waals surface area contributed by atoms with Crippen molar-refractivity contribution in [2.24, 2.45) is 11.8 Å². The van der Waals surface area contributed by atoms with Crippen molar-refractivity contribution in [3.05, 3.63) is 29.8 Å². The molecule has 1 N–H and O–H groups in total. The molecule has 4 heteroatoms. The van der Waals surface area contributed by atoms with Crippen molar-refractivity contribution in [1.82, 2.24) is 4.90 Å². The number of ether oxygens (including phenoxy) is 1. The van der Waals surface area contributed by atoms with Crippen LogP contribution >= 0.6 is 0 Å². The number of benzene rings is 1. The van der Waals surface area contributed by atoms with Crippen LogP contribution in [-0.4, -0.2) is 41.7 Å². The normalized spacial score (nSPS) is 34.5. The molecule has 3 aliphatic rings. The smallest absolute Gasteiger partial charge is 0.321 e. The number of aliphatic carboxylic acids is 1. The Bertz CT molecular complexity index is 559. The number of nitrogens with zero attached hydrogens (tertiary/aromatic N) is 1. The van der Waals surface area contributed by atoms with Crippen LogP contribution in [0.4, 0.5) is 0 Å². The number of rotatable bonds is 3. The molecular formula is C17H21NO3. The number of carbonyl (C=O) groups is 1. The molecule has 2 fully saturated rings. The Morgan fingerprint density at radius 3 is 3.05 bits per heavy atom. The van der Waals surface area contributed by atoms with Gasteiger partial charge in [0.05, 0.1) is 6.61 Å². The largest absolute Gasteiger partial charge is 0.493 e. The second-order valence-electron chi connectivity index (χ2n) is 6.64. The Labute approximate surface area is 124 Å². The highest BCUT2D eigenvalue weighted by atomic mass is 16.5. The highest BCUT2D eigenvalue weighted by Crippen LogP contribution is 2.44. The fourth-order valence-electron chi connectivity index (χ4n) is 4.58. The van der Waals surface area contributed by atoms with Crippen LogP contribution in [0.3, 0.4) is 0 Å². The van der Waals surface area contributed by atoms with Crippen LogP contribution in [0.2, 0.25) is 0 Å². The van der Waals surface area contributed by atoms with Gasteiger partial charge in [0.2, 0.25) is 0 Å². The van der Waals surface area contributed by atoms with Crippen molar-refractivity contribution in [1.29, 1.82) is 0 Å². The predicted octanol–water partition coefficient (Wildman–Crippen LogP) is 2.35. The predicted molar refractivity (Wildman–Crippen MR) is 78.5 cm³/mol. The molecule has 0 aromatic heterocycles. The first kappa shape index (κ1) is 13.1. The van der Waals surface area contributed by atoms with Gasteiger partial charge >= 0.3 is 5.97 Å². The fraction of sp³-hybridized carbons (Fsp3) is 0.588. The Morgan fingerprint density at radius 1 is 1.33 bits per heavy atom. The van der Waals surface area contributed by atoms with Gasteiger partial charge in [0.1, 0.15) is 11.8 Å². The Hall–Kier alpha value is -1.55. The molecule has 1 aromatic rings. The van der Waals surface area contributed by atoms with Gasteiger partial charge in [-0.2, -0.15) is 0 Å². The molecule has 1 aromatic carbocycles. The van der Waals surface area contributed by atoms with Gasteiger partial charge in [-0.3, -0.25) is 9.69 Å². The molecule has 0 spiro atoms. The highest BCUT2D eigenvalue weighted by Gasteiger charge is 2.48. The SMILES string of the molecule is O=C(O)C1C2CCCC2CN1CC1COc2ccccc21. The van der Waals surface area contributed by atoms with Gasteiger partial charge in [0.25, 0.3) is 0 Å². The maximum atomic E-state index is 11.7. The second kappa shape index (κ2) is 5.02. The minimum atomic E-state index is -0.642. The van der Waals surface area contributed by atoms with Crippen LogP contribution < -0.4 is 4.74 Å². The zero-order valence-corrected chi connectivity index (χ0v) is 12.1. The number of carboxylic acids is 1. The van der Waals surface area contributed by atoms with Crippen molar-refractivity contribution in [3.63, 3.8) is 0 Å². The molecular weight excluding hydrogens is 266 g/mol. The number of para-hydroxylation sites is 1. The molecule has 112 valence electrons. The van der Waals surface area contributed by atoms with Gasteiger partial charge < -0.3 is 9.84 Å². The van der Waals surface area contributed by atoms with Crippen molar-refractivity contribution in [2.45, 2.75) is 31.2 Å². The van der Waals surface area contributed by atoms with Gasteiger partial charge in [-0.05, 0) is 30.7 Å². The summed E-state index contributed by atoms with van der Waals surface area (Å²) in [5, 5.41) is 9.63. The number of carboxylic acid groups (broad SMARTS) is 1. The number of hydrogen-bond donors (Lipinski definition) is 1. The number of likely N-dealkylation sites (tertiary alicyclic amines) is 1. The van der Waals surface area contributed by atoms with Gasteiger partial charge in [0.15, 0.2) is 0 Å². The summed E-state index contributed by atoms with van der Waals surface area (Å²) in [5.74, 6) is 1.58. The molecule has 21 heavy (non-hydrogen) atoms. The van der Waals surface area contributed by atoms with Gasteiger partial charge in [-0.1, -0.05) is 24.6 Å². The van der Waals surface area contributed by atoms with E-state index in [9.17, 15) is 9.90 Å². The Kier molecular flexibility index (Phi) is 3.14. The Balaban J connectivity index is 1.53. The van der Waals surface area contributed by atoms with E-state index >= 15 is 0 Å². The first-order chi connectivity index (χ1) is 10.2. The summed E-state index contributed by atoms with van der Waals surface area (Å²) in [5.41, 5.74) is 1.23. The van der Waals surface area contributed by atoms with E-state index < -0.39 is 5.97 Å². The van der Waals surface area contributed by atoms with Crippen LogP contribution in [0.5, 0.6) is 5.75 Å². The summed E-state index contributed by atoms with van der Waals surface area (Å²) in [6, 6.07) is 7.85. The van der Waals surface area contributed by atoms with Crippen LogP contribution in [-0.2, 0) is 4.79 Å². The molecule has 4 nitrogen and oxygen atoms in total. The summed E-state index contributed by atoms with van der Waals surface area (Å²) in [4.78, 5) is 13.9. The van der Waals surface area contributed by atoms with Gasteiger partial charge in [-0.15, -0.1) is 0 Å². The van der Waals surface area contributed by atoms with E-state index in [4.69, 9.17) is 4.74 Å². The molecule has 2 heterocycles. The standard InChI is InChI=1S/C17H21NO3/c19-17(20)16-14-6-3-4-11(14)8-18(16)9-12-10-21-15-7-2-1-5-13(12)15/h1-2,5,7,11-12,14,16H,3-4,6,8-10H2,(H,19,20). The summed E-state index contributed by atoms with van der Waals surface area (Å²) < 4.78 is 5.74. The molecule has 0 radical (unpaired) electrons. The molecule has 4 atom stereocenters. The van der Waals surface area contributed by atoms with Crippen molar-refractivity contribution in [3.8, 4) is 5.75 Å². The molecule has 0 amide bonds. The van der Waals surface area contributed by atoms with E-state index in [-0.39, 0.29) is 6.04 Å². The third kappa shape index (κ3) is 2.13. The van der Waals surface area contributed by atoms with Crippen LogP contribution in [0.15, 0.2) is 24.3 Å². The average Bonchev–Trinajstić information content (AvgIpc) is 3.13. The molecule has 0 bridgehead atoms. The maximum absolute atomic E-state index is 11.7. The lowest BCUT2D eigenvalue weighted by atomic mass is 9.94. The molecule has 4 unspecified atom stereocenters. The Morgan fingerprint density at radius 2 is 2.19 bits per heavy atom. The number of hydrogen-bond acceptors (Lipinski definition) is 3. The first-order valence-corrected chi connectivity index (χ1v) is 7.92. The van der Waals surface area contributed by atoms with Crippen LogP contribution in [0.25, 0.3) is 0 Å². The van der Waals surface area contributed by atoms with E-state index in [1.807, 2.05) is 18.2 Å². The molecule has 1 saturated heterocycles. The topological polar surface area (TPSA) is 49.8 Å². The maximum Gasteiger partial charge on any atom is 0.321 e. The lowest BCUT2D eigenvalue weighted by Crippen LogP contribution is -2.41. The zero-order chi connectivity index (χ0) is 14.4. The van der Waals surface area contributed by atoms with Crippen molar-refractivity contribution >= 4 is 5.97 Å².